The Labute approximate surface area is 90.3 Å². The standard InChI is InChI=1S/C14H13O/c1-15-14-9-5-8-13(11-14)10-12-6-3-2-4-7-12/h2-9,11H,1,10H2. The van der Waals surface area contributed by atoms with Gasteiger partial charge in [-0.1, -0.05) is 42.5 Å². The van der Waals surface area contributed by atoms with Crippen LogP contribution in [0.4, 0.5) is 0 Å². The molecule has 1 heteroatoms. The van der Waals surface area contributed by atoms with Crippen LogP contribution in [0.3, 0.4) is 0 Å². The van der Waals surface area contributed by atoms with E-state index in [1.807, 2.05) is 24.3 Å². The molecule has 0 amide bonds. The molecule has 15 heavy (non-hydrogen) atoms. The fourth-order valence-corrected chi connectivity index (χ4v) is 1.58. The molecule has 0 N–H and O–H groups in total. The van der Waals surface area contributed by atoms with Crippen LogP contribution in [0.15, 0.2) is 54.6 Å². The van der Waals surface area contributed by atoms with Crippen LogP contribution in [0.2, 0.25) is 0 Å². The van der Waals surface area contributed by atoms with Gasteiger partial charge in [0.15, 0.2) is 0 Å². The fraction of sp³-hybridized carbons (Fsp3) is 0.0714. The molecule has 0 unspecified atom stereocenters. The van der Waals surface area contributed by atoms with Crippen molar-refractivity contribution in [3.8, 4) is 5.75 Å². The van der Waals surface area contributed by atoms with Crippen molar-refractivity contribution in [3.63, 3.8) is 0 Å². The van der Waals surface area contributed by atoms with Crippen molar-refractivity contribution >= 4 is 0 Å². The first kappa shape index (κ1) is 9.78. The molecule has 0 saturated heterocycles. The highest BCUT2D eigenvalue weighted by Crippen LogP contribution is 2.16. The Morgan fingerprint density at radius 3 is 2.33 bits per heavy atom. The van der Waals surface area contributed by atoms with Gasteiger partial charge in [0.1, 0.15) is 12.9 Å². The molecule has 75 valence electrons. The molecule has 0 aromatic heterocycles. The third-order valence-corrected chi connectivity index (χ3v) is 2.32. The Balaban J connectivity index is 2.17. The van der Waals surface area contributed by atoms with E-state index in [9.17, 15) is 0 Å². The number of benzene rings is 2. The van der Waals surface area contributed by atoms with E-state index in [0.717, 1.165) is 12.2 Å². The summed E-state index contributed by atoms with van der Waals surface area (Å²) in [6.45, 7) is 0. The van der Waals surface area contributed by atoms with Gasteiger partial charge in [-0.05, 0) is 29.7 Å². The Morgan fingerprint density at radius 1 is 0.867 bits per heavy atom. The quantitative estimate of drug-likeness (QED) is 0.732. The topological polar surface area (TPSA) is 9.23 Å². The molecule has 0 heterocycles. The van der Waals surface area contributed by atoms with Crippen molar-refractivity contribution < 1.29 is 4.74 Å². The zero-order valence-electron chi connectivity index (χ0n) is 8.52. The van der Waals surface area contributed by atoms with E-state index < -0.39 is 0 Å². The van der Waals surface area contributed by atoms with Gasteiger partial charge in [0, 0.05) is 0 Å². The second-order valence-electron chi connectivity index (χ2n) is 3.45. The second-order valence-corrected chi connectivity index (χ2v) is 3.45. The van der Waals surface area contributed by atoms with Gasteiger partial charge in [0.05, 0.1) is 0 Å². The molecule has 2 rings (SSSR count). The zero-order chi connectivity index (χ0) is 10.5. The van der Waals surface area contributed by atoms with Gasteiger partial charge in [0.2, 0.25) is 0 Å². The molecule has 2 aromatic rings. The van der Waals surface area contributed by atoms with Crippen molar-refractivity contribution in [1.29, 1.82) is 0 Å². The fourth-order valence-electron chi connectivity index (χ4n) is 1.58. The van der Waals surface area contributed by atoms with Gasteiger partial charge in [0.25, 0.3) is 0 Å². The van der Waals surface area contributed by atoms with E-state index in [0.29, 0.717) is 0 Å². The van der Waals surface area contributed by atoms with Gasteiger partial charge < -0.3 is 4.74 Å². The highest BCUT2D eigenvalue weighted by molar-refractivity contribution is 5.32. The van der Waals surface area contributed by atoms with E-state index in [1.54, 1.807) is 0 Å². The van der Waals surface area contributed by atoms with Crippen molar-refractivity contribution in [3.05, 3.63) is 72.8 Å². The lowest BCUT2D eigenvalue weighted by atomic mass is 10.1. The third-order valence-electron chi connectivity index (χ3n) is 2.32. The lowest BCUT2D eigenvalue weighted by Crippen LogP contribution is -1.88. The largest absolute Gasteiger partial charge is 0.490 e. The molecule has 2 aromatic carbocycles. The summed E-state index contributed by atoms with van der Waals surface area (Å²) in [6, 6.07) is 18.4. The number of ether oxygens (including phenoxy) is 1. The van der Waals surface area contributed by atoms with Crippen LogP contribution in [0, 0.1) is 7.11 Å². The molecule has 1 radical (unpaired) electrons. The summed E-state index contributed by atoms with van der Waals surface area (Å²) in [4.78, 5) is 0. The molecule has 0 aliphatic rings. The van der Waals surface area contributed by atoms with Crippen LogP contribution < -0.4 is 4.74 Å². The number of hydrogen-bond donors (Lipinski definition) is 0. The molecule has 0 fully saturated rings. The number of rotatable bonds is 3. The molecule has 0 aliphatic heterocycles. The van der Waals surface area contributed by atoms with Crippen molar-refractivity contribution in [2.24, 2.45) is 0 Å². The lowest BCUT2D eigenvalue weighted by Gasteiger charge is -2.04. The van der Waals surface area contributed by atoms with E-state index in [-0.39, 0.29) is 0 Å². The SMILES string of the molecule is [CH2]Oc1cccc(Cc2ccccc2)c1. The third kappa shape index (κ3) is 2.59. The van der Waals surface area contributed by atoms with E-state index in [1.165, 1.54) is 11.1 Å². The van der Waals surface area contributed by atoms with Gasteiger partial charge in [-0.2, -0.15) is 0 Å². The van der Waals surface area contributed by atoms with Gasteiger partial charge in [-0.25, -0.2) is 0 Å². The summed E-state index contributed by atoms with van der Waals surface area (Å²) >= 11 is 0. The van der Waals surface area contributed by atoms with Gasteiger partial charge in [-0.15, -0.1) is 0 Å². The van der Waals surface area contributed by atoms with Crippen molar-refractivity contribution in [1.82, 2.24) is 0 Å². The first-order chi connectivity index (χ1) is 7.38. The highest BCUT2D eigenvalue weighted by atomic mass is 16.5. The van der Waals surface area contributed by atoms with Crippen LogP contribution in [0.5, 0.6) is 5.75 Å². The average Bonchev–Trinajstić information content (AvgIpc) is 2.31. The Kier molecular flexibility index (Phi) is 3.03. The summed E-state index contributed by atoms with van der Waals surface area (Å²) in [5, 5.41) is 0. The summed E-state index contributed by atoms with van der Waals surface area (Å²) < 4.78 is 4.94. The monoisotopic (exact) mass is 197 g/mol. The molecule has 0 atom stereocenters. The molecule has 0 aliphatic carbocycles. The van der Waals surface area contributed by atoms with E-state index >= 15 is 0 Å². The Hall–Kier alpha value is -1.76. The zero-order valence-corrected chi connectivity index (χ0v) is 8.52. The molecule has 0 spiro atoms. The van der Waals surface area contributed by atoms with E-state index in [2.05, 4.69) is 37.4 Å². The summed E-state index contributed by atoms with van der Waals surface area (Å²) in [6.07, 6.45) is 0.929. The van der Waals surface area contributed by atoms with Crippen molar-refractivity contribution in [2.45, 2.75) is 6.42 Å². The maximum absolute atomic E-state index is 4.94. The van der Waals surface area contributed by atoms with Gasteiger partial charge >= 0.3 is 0 Å². The predicted octanol–water partition coefficient (Wildman–Crippen LogP) is 3.45. The minimum Gasteiger partial charge on any atom is -0.490 e. The maximum Gasteiger partial charge on any atom is 0.122 e. The highest BCUT2D eigenvalue weighted by Gasteiger charge is 1.97. The summed E-state index contributed by atoms with van der Waals surface area (Å²) in [5.41, 5.74) is 2.54. The second kappa shape index (κ2) is 4.65. The maximum atomic E-state index is 4.94. The van der Waals surface area contributed by atoms with Crippen LogP contribution in [0.1, 0.15) is 11.1 Å². The minimum atomic E-state index is 0.809. The van der Waals surface area contributed by atoms with Crippen molar-refractivity contribution in [2.75, 3.05) is 0 Å². The van der Waals surface area contributed by atoms with Crippen LogP contribution in [-0.2, 0) is 6.42 Å². The van der Waals surface area contributed by atoms with Gasteiger partial charge in [-0.3, -0.25) is 0 Å². The lowest BCUT2D eigenvalue weighted by molar-refractivity contribution is 0.472. The molecule has 0 bridgehead atoms. The molecule has 0 saturated carbocycles. The first-order valence-electron chi connectivity index (χ1n) is 4.93. The van der Waals surface area contributed by atoms with Crippen LogP contribution >= 0.6 is 0 Å². The molecule has 1 nitrogen and oxygen atoms in total. The Morgan fingerprint density at radius 2 is 1.60 bits per heavy atom. The predicted molar refractivity (Wildman–Crippen MR) is 61.7 cm³/mol. The average molecular weight is 197 g/mol. The van der Waals surface area contributed by atoms with Crippen LogP contribution in [-0.4, -0.2) is 0 Å². The summed E-state index contributed by atoms with van der Waals surface area (Å²) in [7, 11) is 3.40. The normalized spacial score (nSPS) is 9.93. The number of hydrogen-bond acceptors (Lipinski definition) is 1. The minimum absolute atomic E-state index is 0.809. The van der Waals surface area contributed by atoms with Crippen LogP contribution in [0.25, 0.3) is 0 Å². The Bertz CT molecular complexity index is 420. The molecular formula is C14H13O. The van der Waals surface area contributed by atoms with E-state index in [4.69, 9.17) is 4.74 Å². The summed E-state index contributed by atoms with van der Waals surface area (Å²) in [5.74, 6) is 0.809. The smallest absolute Gasteiger partial charge is 0.122 e. The molecular weight excluding hydrogens is 184 g/mol. The first-order valence-corrected chi connectivity index (χ1v) is 4.93.